The van der Waals surface area contributed by atoms with Gasteiger partial charge >= 0.3 is 0 Å². The highest BCUT2D eigenvalue weighted by Gasteiger charge is 2.37. The van der Waals surface area contributed by atoms with Crippen molar-refractivity contribution in [2.45, 2.75) is 45.3 Å². The Kier molecular flexibility index (Phi) is 6.24. The summed E-state index contributed by atoms with van der Waals surface area (Å²) < 4.78 is 0. The number of hydrogen-bond acceptors (Lipinski definition) is 4. The third kappa shape index (κ3) is 4.74. The van der Waals surface area contributed by atoms with E-state index in [4.69, 9.17) is 0 Å². The van der Waals surface area contributed by atoms with E-state index in [0.29, 0.717) is 31.7 Å². The number of nitrogens with one attached hydrogen (secondary N) is 3. The number of hydrogen-bond donors (Lipinski definition) is 3. The molecule has 7 heteroatoms. The van der Waals surface area contributed by atoms with E-state index < -0.39 is 0 Å². The van der Waals surface area contributed by atoms with Crippen molar-refractivity contribution in [3.63, 3.8) is 0 Å². The zero-order valence-corrected chi connectivity index (χ0v) is 15.9. The predicted octanol–water partition coefficient (Wildman–Crippen LogP) is 1.48. The molecule has 2 amide bonds. The van der Waals surface area contributed by atoms with Crippen LogP contribution in [-0.2, 0) is 17.8 Å². The van der Waals surface area contributed by atoms with Gasteiger partial charge in [0.05, 0.1) is 6.04 Å². The van der Waals surface area contributed by atoms with Crippen LogP contribution in [0.1, 0.15) is 42.0 Å². The molecule has 1 saturated heterocycles. The average Bonchev–Trinajstić information content (AvgIpc) is 3.30. The number of nitrogens with zero attached hydrogens (tertiary/aromatic N) is 2. The highest BCUT2D eigenvalue weighted by atomic mass is 16.2. The molecule has 1 aromatic carbocycles. The molecule has 144 valence electrons. The quantitative estimate of drug-likeness (QED) is 0.690. The Bertz CT molecular complexity index is 774. The standard InChI is InChI=1S/C20H27N5O2/c1-3-15-10-17(24-23-15)19(26)22-16-11-18(20(27)21-4-2)25(13-16)12-14-8-6-5-7-9-14/h5-10,16,18H,3-4,11-13H2,1-2H3,(H,21,27)(H,22,26)(H,23,24)/t16-,18-/m0/s1. The smallest absolute Gasteiger partial charge is 0.272 e. The highest BCUT2D eigenvalue weighted by molar-refractivity contribution is 5.92. The highest BCUT2D eigenvalue weighted by Crippen LogP contribution is 2.21. The van der Waals surface area contributed by atoms with Gasteiger partial charge in [0.2, 0.25) is 5.91 Å². The van der Waals surface area contributed by atoms with Gasteiger partial charge in [-0.05, 0) is 31.4 Å². The van der Waals surface area contributed by atoms with Crippen molar-refractivity contribution >= 4 is 11.8 Å². The van der Waals surface area contributed by atoms with E-state index in [1.54, 1.807) is 6.07 Å². The Labute approximate surface area is 159 Å². The number of benzene rings is 1. The lowest BCUT2D eigenvalue weighted by molar-refractivity contribution is -0.125. The Balaban J connectivity index is 1.67. The molecule has 27 heavy (non-hydrogen) atoms. The molecule has 3 N–H and O–H groups in total. The van der Waals surface area contributed by atoms with Crippen molar-refractivity contribution in [2.24, 2.45) is 0 Å². The van der Waals surface area contributed by atoms with Crippen molar-refractivity contribution in [3.8, 4) is 0 Å². The van der Waals surface area contributed by atoms with Crippen LogP contribution in [0.25, 0.3) is 0 Å². The lowest BCUT2D eigenvalue weighted by Crippen LogP contribution is -2.42. The number of carbonyl (C=O) groups is 2. The first-order valence-corrected chi connectivity index (χ1v) is 9.51. The molecule has 0 aliphatic carbocycles. The van der Waals surface area contributed by atoms with Crippen LogP contribution in [0.4, 0.5) is 0 Å². The van der Waals surface area contributed by atoms with E-state index in [1.807, 2.05) is 32.0 Å². The van der Waals surface area contributed by atoms with Crippen LogP contribution in [0, 0.1) is 0 Å². The van der Waals surface area contributed by atoms with Gasteiger partial charge < -0.3 is 10.6 Å². The number of rotatable bonds is 7. The monoisotopic (exact) mass is 369 g/mol. The molecule has 1 fully saturated rings. The number of carbonyl (C=O) groups excluding carboxylic acids is 2. The second kappa shape index (κ2) is 8.81. The third-order valence-electron chi connectivity index (χ3n) is 4.87. The van der Waals surface area contributed by atoms with Crippen LogP contribution in [0.5, 0.6) is 0 Å². The lowest BCUT2D eigenvalue weighted by atomic mass is 10.1. The van der Waals surface area contributed by atoms with Crippen LogP contribution in [-0.4, -0.2) is 52.1 Å². The van der Waals surface area contributed by atoms with Crippen LogP contribution < -0.4 is 10.6 Å². The summed E-state index contributed by atoms with van der Waals surface area (Å²) >= 11 is 0. The van der Waals surface area contributed by atoms with Gasteiger partial charge in [-0.25, -0.2) is 0 Å². The maximum absolute atomic E-state index is 12.5. The summed E-state index contributed by atoms with van der Waals surface area (Å²) in [6.07, 6.45) is 1.39. The number of amides is 2. The summed E-state index contributed by atoms with van der Waals surface area (Å²) in [6.45, 7) is 5.82. The topological polar surface area (TPSA) is 90.1 Å². The van der Waals surface area contributed by atoms with E-state index in [2.05, 4.69) is 37.9 Å². The fourth-order valence-electron chi connectivity index (χ4n) is 3.48. The van der Waals surface area contributed by atoms with Gasteiger partial charge in [0.25, 0.3) is 5.91 Å². The molecule has 0 saturated carbocycles. The number of aryl methyl sites for hydroxylation is 1. The summed E-state index contributed by atoms with van der Waals surface area (Å²) in [6, 6.07) is 11.5. The third-order valence-corrected chi connectivity index (χ3v) is 4.87. The first-order valence-electron chi connectivity index (χ1n) is 9.51. The van der Waals surface area contributed by atoms with E-state index in [1.165, 1.54) is 0 Å². The second-order valence-corrected chi connectivity index (χ2v) is 6.86. The minimum Gasteiger partial charge on any atom is -0.355 e. The maximum atomic E-state index is 12.5. The molecule has 1 aliphatic rings. The summed E-state index contributed by atoms with van der Waals surface area (Å²) in [7, 11) is 0. The molecule has 0 bridgehead atoms. The van der Waals surface area contributed by atoms with Crippen LogP contribution >= 0.6 is 0 Å². The molecule has 7 nitrogen and oxygen atoms in total. The summed E-state index contributed by atoms with van der Waals surface area (Å²) in [5, 5.41) is 12.9. The molecule has 0 spiro atoms. The van der Waals surface area contributed by atoms with E-state index in [-0.39, 0.29) is 23.9 Å². The minimum absolute atomic E-state index is 0.0122. The number of likely N-dealkylation sites (tertiary alicyclic amines) is 1. The van der Waals surface area contributed by atoms with Gasteiger partial charge in [-0.15, -0.1) is 0 Å². The Morgan fingerprint density at radius 3 is 2.70 bits per heavy atom. The Hall–Kier alpha value is -2.67. The minimum atomic E-state index is -0.249. The number of aromatic nitrogens is 2. The van der Waals surface area contributed by atoms with E-state index in [0.717, 1.165) is 17.7 Å². The second-order valence-electron chi connectivity index (χ2n) is 6.86. The first-order chi connectivity index (χ1) is 13.1. The zero-order chi connectivity index (χ0) is 19.2. The van der Waals surface area contributed by atoms with Gasteiger partial charge in [-0.1, -0.05) is 37.3 Å². The predicted molar refractivity (Wildman–Crippen MR) is 103 cm³/mol. The number of H-pyrrole nitrogens is 1. The largest absolute Gasteiger partial charge is 0.355 e. The van der Waals surface area contributed by atoms with Crippen LogP contribution in [0.3, 0.4) is 0 Å². The molecular weight excluding hydrogens is 342 g/mol. The van der Waals surface area contributed by atoms with Crippen molar-refractivity contribution in [2.75, 3.05) is 13.1 Å². The van der Waals surface area contributed by atoms with E-state index in [9.17, 15) is 9.59 Å². The molecule has 0 unspecified atom stereocenters. The summed E-state index contributed by atoms with van der Waals surface area (Å²) in [4.78, 5) is 27.1. The molecule has 1 aromatic heterocycles. The molecular formula is C20H27N5O2. The molecule has 2 heterocycles. The van der Waals surface area contributed by atoms with Gasteiger partial charge in [-0.2, -0.15) is 5.10 Å². The van der Waals surface area contributed by atoms with E-state index >= 15 is 0 Å². The summed E-state index contributed by atoms with van der Waals surface area (Å²) in [5.41, 5.74) is 2.47. The van der Waals surface area contributed by atoms with Crippen LogP contribution in [0.15, 0.2) is 36.4 Å². The normalized spacial score (nSPS) is 19.8. The maximum Gasteiger partial charge on any atom is 0.272 e. The van der Waals surface area contributed by atoms with Crippen molar-refractivity contribution in [1.82, 2.24) is 25.7 Å². The molecule has 3 rings (SSSR count). The van der Waals surface area contributed by atoms with Crippen molar-refractivity contribution < 1.29 is 9.59 Å². The van der Waals surface area contributed by atoms with Gasteiger partial charge in [0.15, 0.2) is 0 Å². The molecule has 1 aliphatic heterocycles. The van der Waals surface area contributed by atoms with Gasteiger partial charge in [-0.3, -0.25) is 19.6 Å². The fourth-order valence-corrected chi connectivity index (χ4v) is 3.48. The van der Waals surface area contributed by atoms with Gasteiger partial charge in [0.1, 0.15) is 5.69 Å². The van der Waals surface area contributed by atoms with Crippen molar-refractivity contribution in [1.29, 1.82) is 0 Å². The van der Waals surface area contributed by atoms with Gasteiger partial charge in [0, 0.05) is 31.4 Å². The molecule has 2 aromatic rings. The number of aromatic amines is 1. The zero-order valence-electron chi connectivity index (χ0n) is 15.9. The Morgan fingerprint density at radius 1 is 1.26 bits per heavy atom. The fraction of sp³-hybridized carbons (Fsp3) is 0.450. The SMILES string of the molecule is CCNC(=O)[C@@H]1C[C@H](NC(=O)c2cc(CC)[nH]n2)CN1Cc1ccccc1. The Morgan fingerprint density at radius 2 is 2.04 bits per heavy atom. The molecule has 2 atom stereocenters. The first kappa shape index (κ1) is 19.1. The molecule has 0 radical (unpaired) electrons. The van der Waals surface area contributed by atoms with Crippen molar-refractivity contribution in [3.05, 3.63) is 53.3 Å². The number of likely N-dealkylation sites (N-methyl/N-ethyl adjacent to an activating group) is 1. The van der Waals surface area contributed by atoms with Crippen LogP contribution in [0.2, 0.25) is 0 Å². The summed E-state index contributed by atoms with van der Waals surface area (Å²) in [5.74, 6) is -0.189. The lowest BCUT2D eigenvalue weighted by Gasteiger charge is -2.23. The average molecular weight is 369 g/mol.